The molecule has 36 heavy (non-hydrogen) atoms. The van der Waals surface area contributed by atoms with Gasteiger partial charge in [0.05, 0.1) is 37.2 Å². The number of nitrogens with one attached hydrogen (secondary N) is 1. The van der Waals surface area contributed by atoms with E-state index in [1.54, 1.807) is 18.2 Å². The van der Waals surface area contributed by atoms with Crippen LogP contribution in [0.2, 0.25) is 0 Å². The van der Waals surface area contributed by atoms with Gasteiger partial charge in [0.2, 0.25) is 5.75 Å². The molecule has 182 valence electrons. The van der Waals surface area contributed by atoms with E-state index in [0.29, 0.717) is 24.9 Å². The van der Waals surface area contributed by atoms with Gasteiger partial charge >= 0.3 is 5.69 Å². The van der Waals surface area contributed by atoms with Crippen molar-refractivity contribution in [1.82, 2.24) is 5.32 Å². The summed E-state index contributed by atoms with van der Waals surface area (Å²) in [5, 5.41) is 25.6. The number of hydrogen-bond donors (Lipinski definition) is 1. The quantitative estimate of drug-likeness (QED) is 0.151. The van der Waals surface area contributed by atoms with Gasteiger partial charge in [-0.2, -0.15) is 0 Å². The van der Waals surface area contributed by atoms with Crippen molar-refractivity contribution in [2.24, 2.45) is 4.99 Å². The number of hydrogen-bond acceptors (Lipinski definition) is 9. The molecule has 11 nitrogen and oxygen atoms in total. The Bertz CT molecular complexity index is 1440. The maximum atomic E-state index is 12.5. The van der Waals surface area contributed by atoms with E-state index in [0.717, 1.165) is 18.2 Å². The van der Waals surface area contributed by atoms with E-state index in [1.807, 2.05) is 52.9 Å². The molecule has 1 heterocycles. The molecule has 1 amide bonds. The second-order valence-electron chi connectivity index (χ2n) is 7.12. The summed E-state index contributed by atoms with van der Waals surface area (Å²) >= 11 is 3.16. The Kier molecular flexibility index (Phi) is 7.49. The number of methoxy groups -OCH3 is 1. The average molecular weight is 618 g/mol. The van der Waals surface area contributed by atoms with E-state index >= 15 is 0 Å². The van der Waals surface area contributed by atoms with E-state index in [-0.39, 0.29) is 23.2 Å². The van der Waals surface area contributed by atoms with Gasteiger partial charge in [-0.05, 0) is 76.3 Å². The zero-order valence-corrected chi connectivity index (χ0v) is 21.3. The smallest absolute Gasteiger partial charge is 0.318 e. The van der Waals surface area contributed by atoms with Crippen molar-refractivity contribution in [3.8, 4) is 17.2 Å². The molecule has 0 saturated carbocycles. The summed E-state index contributed by atoms with van der Waals surface area (Å²) in [6.45, 7) is 0. The summed E-state index contributed by atoms with van der Waals surface area (Å²) in [6.07, 6.45) is 1.66. The van der Waals surface area contributed by atoms with Gasteiger partial charge in [0.1, 0.15) is 0 Å². The largest absolute Gasteiger partial charge is 0.493 e. The molecule has 1 fully saturated rings. The van der Waals surface area contributed by atoms with Crippen LogP contribution < -0.4 is 14.8 Å². The fourth-order valence-electron chi connectivity index (χ4n) is 3.13. The van der Waals surface area contributed by atoms with E-state index < -0.39 is 21.2 Å². The van der Waals surface area contributed by atoms with Crippen molar-refractivity contribution in [1.29, 1.82) is 0 Å². The normalized spacial score (nSPS) is 15.1. The molecule has 0 radical (unpaired) electrons. The first-order chi connectivity index (χ1) is 17.2. The summed E-state index contributed by atoms with van der Waals surface area (Å²) in [7, 11) is 1.40. The summed E-state index contributed by atoms with van der Waals surface area (Å²) in [6, 6.07) is 15.6. The van der Waals surface area contributed by atoms with Crippen LogP contribution in [0.4, 0.5) is 17.1 Å². The van der Waals surface area contributed by atoms with Crippen molar-refractivity contribution in [2.45, 2.75) is 0 Å². The Hall–Kier alpha value is -3.98. The number of carbonyl (C=O) groups excluding carboxylic acids is 1. The molecule has 0 atom stereocenters. The molecule has 1 aliphatic rings. The average Bonchev–Trinajstić information content (AvgIpc) is 3.19. The maximum absolute atomic E-state index is 12.5. The Morgan fingerprint density at radius 2 is 1.78 bits per heavy atom. The van der Waals surface area contributed by atoms with Gasteiger partial charge in [0, 0.05) is 6.07 Å². The van der Waals surface area contributed by atoms with Gasteiger partial charge in [0.15, 0.2) is 16.7 Å². The minimum atomic E-state index is -0.759. The predicted octanol–water partition coefficient (Wildman–Crippen LogP) is 5.80. The van der Waals surface area contributed by atoms with Gasteiger partial charge in [0.25, 0.3) is 11.6 Å². The Morgan fingerprint density at radius 3 is 2.44 bits per heavy atom. The molecule has 1 aliphatic heterocycles. The number of halogens is 1. The number of ether oxygens (including phenoxy) is 2. The first-order valence-electron chi connectivity index (χ1n) is 10.1. The molecule has 3 aromatic rings. The summed E-state index contributed by atoms with van der Waals surface area (Å²) < 4.78 is 11.7. The van der Waals surface area contributed by atoms with Gasteiger partial charge < -0.3 is 14.8 Å². The molecule has 0 aromatic heterocycles. The van der Waals surface area contributed by atoms with Gasteiger partial charge in [-0.15, -0.1) is 0 Å². The molecule has 0 unspecified atom stereocenters. The topological polar surface area (TPSA) is 146 Å². The number of amidine groups is 1. The molecule has 13 heteroatoms. The first kappa shape index (κ1) is 25.1. The highest BCUT2D eigenvalue weighted by molar-refractivity contribution is 14.1. The summed E-state index contributed by atoms with van der Waals surface area (Å²) in [4.78, 5) is 38.3. The van der Waals surface area contributed by atoms with Crippen molar-refractivity contribution in [3.05, 3.63) is 94.9 Å². The Balaban J connectivity index is 1.63. The van der Waals surface area contributed by atoms with E-state index in [9.17, 15) is 25.0 Å². The molecule has 4 rings (SSSR count). The number of non-ortho nitro benzene ring substituents is 1. The molecule has 1 saturated heterocycles. The van der Waals surface area contributed by atoms with E-state index in [2.05, 4.69) is 10.3 Å². The predicted molar refractivity (Wildman–Crippen MR) is 143 cm³/mol. The SMILES string of the molecule is COc1cc(/C=C2\SC(=Nc3ccccc3)NC2=O)cc(I)c1Oc1ccc([N+](=O)[O-])cc1[N+](=O)[O-]. The number of aliphatic imine (C=N–C) groups is 1. The molecule has 1 N–H and O–H groups in total. The highest BCUT2D eigenvalue weighted by Gasteiger charge is 2.26. The lowest BCUT2D eigenvalue weighted by Gasteiger charge is -2.13. The van der Waals surface area contributed by atoms with Gasteiger partial charge in [-0.3, -0.25) is 25.0 Å². The van der Waals surface area contributed by atoms with Crippen molar-refractivity contribution < 1.29 is 24.1 Å². The van der Waals surface area contributed by atoms with Crippen LogP contribution in [0.25, 0.3) is 6.08 Å². The highest BCUT2D eigenvalue weighted by atomic mass is 127. The number of carbonyl (C=O) groups is 1. The minimum absolute atomic E-state index is 0.180. The lowest BCUT2D eigenvalue weighted by molar-refractivity contribution is -0.394. The van der Waals surface area contributed by atoms with Crippen LogP contribution in [-0.4, -0.2) is 28.0 Å². The minimum Gasteiger partial charge on any atom is -0.493 e. The second-order valence-corrected chi connectivity index (χ2v) is 9.31. The van der Waals surface area contributed by atoms with E-state index in [4.69, 9.17) is 9.47 Å². The fourth-order valence-corrected chi connectivity index (χ4v) is 4.71. The molecular formula is C23H15IN4O7S. The number of nitro benzene ring substituents is 2. The standard InChI is InChI=1S/C23H15IN4O7S/c1-34-19-10-13(11-20-22(29)26-23(36-20)25-14-5-3-2-4-6-14)9-16(24)21(19)35-18-8-7-15(27(30)31)12-17(18)28(32)33/h2-12H,1H3,(H,25,26,29)/b20-11-. The van der Waals surface area contributed by atoms with Crippen LogP contribution in [0.15, 0.2) is 70.6 Å². The van der Waals surface area contributed by atoms with Crippen LogP contribution in [0.1, 0.15) is 5.56 Å². The molecule has 0 aliphatic carbocycles. The Labute approximate surface area is 221 Å². The van der Waals surface area contributed by atoms with Gasteiger partial charge in [-0.25, -0.2) is 4.99 Å². The number of benzene rings is 3. The van der Waals surface area contributed by atoms with Crippen LogP contribution in [0.5, 0.6) is 17.2 Å². The first-order valence-corrected chi connectivity index (χ1v) is 12.0. The van der Waals surface area contributed by atoms with Crippen LogP contribution in [0, 0.1) is 23.8 Å². The number of thioether (sulfide) groups is 1. The molecule has 3 aromatic carbocycles. The molecular weight excluding hydrogens is 603 g/mol. The van der Waals surface area contributed by atoms with Crippen LogP contribution >= 0.6 is 34.4 Å². The van der Waals surface area contributed by atoms with E-state index in [1.165, 1.54) is 18.9 Å². The maximum Gasteiger partial charge on any atom is 0.318 e. The van der Waals surface area contributed by atoms with Crippen molar-refractivity contribution in [3.63, 3.8) is 0 Å². The monoisotopic (exact) mass is 618 g/mol. The summed E-state index contributed by atoms with van der Waals surface area (Å²) in [5.74, 6) is -0.0408. The van der Waals surface area contributed by atoms with Gasteiger partial charge in [-0.1, -0.05) is 18.2 Å². The zero-order chi connectivity index (χ0) is 25.8. The summed E-state index contributed by atoms with van der Waals surface area (Å²) in [5.41, 5.74) is 0.345. The van der Waals surface area contributed by atoms with Crippen LogP contribution in [0.3, 0.4) is 0 Å². The lowest BCUT2D eigenvalue weighted by Crippen LogP contribution is -2.19. The van der Waals surface area contributed by atoms with Crippen LogP contribution in [-0.2, 0) is 4.79 Å². The third-order valence-electron chi connectivity index (χ3n) is 4.75. The third-order valence-corrected chi connectivity index (χ3v) is 6.46. The second kappa shape index (κ2) is 10.7. The highest BCUT2D eigenvalue weighted by Crippen LogP contribution is 2.42. The Morgan fingerprint density at radius 1 is 1.03 bits per heavy atom. The number of para-hydroxylation sites is 1. The molecule has 0 spiro atoms. The lowest BCUT2D eigenvalue weighted by atomic mass is 10.2. The third kappa shape index (κ3) is 5.63. The van der Waals surface area contributed by atoms with Crippen molar-refractivity contribution >= 4 is 68.6 Å². The number of nitro groups is 2. The zero-order valence-electron chi connectivity index (χ0n) is 18.3. The number of rotatable bonds is 7. The number of amides is 1. The molecule has 0 bridgehead atoms. The fraction of sp³-hybridized carbons (Fsp3) is 0.0435. The van der Waals surface area contributed by atoms with Crippen molar-refractivity contribution in [2.75, 3.05) is 7.11 Å². The number of nitrogens with zero attached hydrogens (tertiary/aromatic N) is 3.